The summed E-state index contributed by atoms with van der Waals surface area (Å²) in [7, 11) is 0. The predicted octanol–water partition coefficient (Wildman–Crippen LogP) is 10.8. The number of non-ortho nitro benzene ring substituents is 1. The molecule has 12 rings (SSSR count). The molecule has 8 aromatic rings. The zero-order chi connectivity index (χ0) is 72.7. The van der Waals surface area contributed by atoms with E-state index in [2.05, 4.69) is 114 Å². The number of hydrogen-bond acceptors (Lipinski definition) is 22. The largest absolute Gasteiger partial charge is 1.00 e. The maximum absolute atomic E-state index is 11.1. The minimum Gasteiger partial charge on any atom is -0.493 e. The fourth-order valence-corrected chi connectivity index (χ4v) is 10.9. The molecule has 8 aromatic carbocycles. The van der Waals surface area contributed by atoms with Gasteiger partial charge in [0.05, 0.1) is 84.2 Å². The van der Waals surface area contributed by atoms with Crippen molar-refractivity contribution in [3.8, 4) is 67.5 Å². The molecule has 1 radical (unpaired) electrons. The van der Waals surface area contributed by atoms with Crippen LogP contribution in [-0.4, -0.2) is 192 Å². The number of nitrogens with two attached hydrogens (primary N) is 1. The Labute approximate surface area is 685 Å². The Balaban J connectivity index is 0.000000444. The number of halogens is 1. The van der Waals surface area contributed by atoms with Crippen molar-refractivity contribution in [1.82, 2.24) is 25.7 Å². The molecule has 0 bridgehead atoms. The topological polar surface area (TPSA) is 310 Å². The molecule has 105 heavy (non-hydrogen) atoms. The van der Waals surface area contributed by atoms with Crippen LogP contribution in [0.25, 0.3) is 44.5 Å². The second-order valence-electron chi connectivity index (χ2n) is 22.6. The van der Waals surface area contributed by atoms with Gasteiger partial charge >= 0.3 is 29.6 Å². The number of nitrogens with zero attached hydrogens (tertiary/aromatic N) is 5. The van der Waals surface area contributed by atoms with Crippen molar-refractivity contribution in [3.05, 3.63) is 226 Å². The van der Waals surface area contributed by atoms with Gasteiger partial charge in [0, 0.05) is 161 Å². The van der Waals surface area contributed by atoms with Crippen molar-refractivity contribution in [2.45, 2.75) is 39.5 Å². The van der Waals surface area contributed by atoms with Crippen LogP contribution in [-0.2, 0) is 23.9 Å². The third-order valence-corrected chi connectivity index (χ3v) is 16.2. The zero-order valence-corrected chi connectivity index (χ0v) is 69.2. The summed E-state index contributed by atoms with van der Waals surface area (Å²) < 4.78 is 44.9. The smallest absolute Gasteiger partial charge is 0.493 e. The van der Waals surface area contributed by atoms with E-state index in [0.717, 1.165) is 236 Å². The van der Waals surface area contributed by atoms with Gasteiger partial charge in [-0.3, -0.25) is 30.0 Å². The second-order valence-corrected chi connectivity index (χ2v) is 23.4. The van der Waals surface area contributed by atoms with Crippen molar-refractivity contribution in [2.75, 3.05) is 162 Å². The molecule has 0 saturated carbocycles. The number of rotatable bonds is 25. The SMILES string of the molecule is BrCCCOc1ccccc1-c1ccccc1.C1COCCN1.CC.Nc1ccc(OCCCN2CCOCC2)c(-c2ccccc2)c1.O.O=N[O-].O=[N+]([O-])c1ccc(OCCCN2CCOCC2)c(-c2ccccc2)c1.ONOO.[Ac].[Na+].c1ccc(-c2ccccc2OCCCN2CCOCC2)cc1. The number of nitro groups is 1. The van der Waals surface area contributed by atoms with E-state index in [0.29, 0.717) is 19.0 Å². The summed E-state index contributed by atoms with van der Waals surface area (Å²) in [5.41, 5.74) is 16.3. The number of anilines is 1. The molecule has 4 aliphatic rings. The fourth-order valence-electron chi connectivity index (χ4n) is 10.7. The standard InChI is InChI=1S/C19H22N2O4.C19H24N2O2.C19H23NO2.C15H15BrO.C4H9NO.C2H6.Ac.H3NO3.HNO2.Na.H2O/c22-21(23)17-7-8-19(18(15-17)16-5-2-1-3-6-16)25-12-4-9-20-10-13-24-14-11-20;20-17-7-8-19(18(15-17)16-5-2-1-3-6-16)23-12-4-9-21-10-13-22-14-11-21;1-2-7-17(8-3-1)18-9-4-5-10-19(18)22-14-6-11-20-12-15-21-16-13-20;16-11-6-12-17-15-10-5-4-9-14(15)13-7-2-1-3-8-13;1-3-6-4-2-5-1;1-2;;2-1-4-3;2-1-3;;/h1-3,5-8,15H,4,9-14H2;1-3,5-8,15H,4,9-14,20H2;1-5,7-10H,6,11-16H2;1-5,7-10H,6,11-12H2;5H,1-4H2;1-2H3;;1-3H;(H,2,3);;1H2/q;;;;;;;;;+1;/p-1. The zero-order valence-electron chi connectivity index (χ0n) is 60.9. The van der Waals surface area contributed by atoms with Crippen LogP contribution in [0.15, 0.2) is 212 Å². The molecule has 0 spiro atoms. The molecule has 0 amide bonds. The normalized spacial score (nSPS) is 13.7. The Hall–Kier alpha value is -6.04. The average Bonchev–Trinajstić information content (AvgIpc) is 0.852. The number of nitrogens with one attached hydrogen (secondary N) is 2. The van der Waals surface area contributed by atoms with Gasteiger partial charge in [-0.25, -0.2) is 5.26 Å². The number of hydrogen-bond donors (Lipinski definition) is 5. The minimum absolute atomic E-state index is 0. The first kappa shape index (κ1) is 95.0. The fraction of sp³-hybridized carbons (Fsp3) is 0.385. The van der Waals surface area contributed by atoms with Crippen molar-refractivity contribution in [2.24, 2.45) is 5.34 Å². The van der Waals surface area contributed by atoms with Gasteiger partial charge in [-0.1, -0.05) is 188 Å². The third kappa shape index (κ3) is 39.6. The van der Waals surface area contributed by atoms with Crippen LogP contribution in [0, 0.1) is 64.3 Å². The Kier molecular flexibility index (Phi) is 56.0. The molecule has 0 aromatic heterocycles. The molecule has 0 aliphatic carbocycles. The van der Waals surface area contributed by atoms with Crippen LogP contribution in [0.1, 0.15) is 39.5 Å². The number of nitrogen functional groups attached to an aromatic ring is 1. The van der Waals surface area contributed by atoms with Crippen molar-refractivity contribution >= 4 is 27.3 Å². The van der Waals surface area contributed by atoms with Gasteiger partial charge in [-0.15, -0.1) is 10.3 Å². The van der Waals surface area contributed by atoms with Crippen molar-refractivity contribution < 1.29 is 137 Å². The van der Waals surface area contributed by atoms with Crippen molar-refractivity contribution in [1.29, 1.82) is 0 Å². The second kappa shape index (κ2) is 61.9. The summed E-state index contributed by atoms with van der Waals surface area (Å²) in [5.74, 6) is 3.50. The van der Waals surface area contributed by atoms with Gasteiger partial charge < -0.3 is 64.5 Å². The molecular weight excluding hydrogens is 1630 g/mol. The number of alkyl halides is 1. The number of benzene rings is 8. The van der Waals surface area contributed by atoms with Gasteiger partial charge in [-0.05, 0) is 90.0 Å². The summed E-state index contributed by atoms with van der Waals surface area (Å²) in [6.07, 6.45) is 3.98. The molecule has 24 nitrogen and oxygen atoms in total. The molecule has 4 heterocycles. The van der Waals surface area contributed by atoms with E-state index in [1.807, 2.05) is 129 Å². The van der Waals surface area contributed by atoms with E-state index >= 15 is 0 Å². The average molecular weight is 1740 g/mol. The first-order valence-electron chi connectivity index (χ1n) is 34.7. The Morgan fingerprint density at radius 3 is 1.10 bits per heavy atom. The van der Waals surface area contributed by atoms with Crippen LogP contribution in [0.2, 0.25) is 0 Å². The quantitative estimate of drug-likeness (QED) is 0.00519. The van der Waals surface area contributed by atoms with Crippen LogP contribution in [0.4, 0.5) is 11.4 Å². The van der Waals surface area contributed by atoms with Gasteiger partial charge in [0.25, 0.3) is 5.69 Å². The monoisotopic (exact) mass is 1740 g/mol. The number of para-hydroxylation sites is 2. The number of nitro benzene ring substituents is 1. The molecule has 4 aliphatic heterocycles. The molecule has 563 valence electrons. The molecule has 4 saturated heterocycles. The molecule has 4 fully saturated rings. The van der Waals surface area contributed by atoms with Crippen LogP contribution >= 0.6 is 15.9 Å². The number of morpholine rings is 4. The van der Waals surface area contributed by atoms with Crippen LogP contribution in [0.5, 0.6) is 23.0 Å². The molecule has 27 heteroatoms. The first-order valence-corrected chi connectivity index (χ1v) is 35.8. The van der Waals surface area contributed by atoms with Crippen molar-refractivity contribution in [3.63, 3.8) is 0 Å². The number of ether oxygens (including phenoxy) is 8. The van der Waals surface area contributed by atoms with Gasteiger partial charge in [0.2, 0.25) is 0 Å². The van der Waals surface area contributed by atoms with Crippen LogP contribution in [0.3, 0.4) is 0 Å². The van der Waals surface area contributed by atoms with Crippen LogP contribution < -0.4 is 65.2 Å². The summed E-state index contributed by atoms with van der Waals surface area (Å²) >= 11 is 3.41. The maximum Gasteiger partial charge on any atom is 1.00 e. The Morgan fingerprint density at radius 2 is 0.790 bits per heavy atom. The van der Waals surface area contributed by atoms with Gasteiger partial charge in [-0.2, -0.15) is 0 Å². The molecule has 0 unspecified atom stereocenters. The van der Waals surface area contributed by atoms with Gasteiger partial charge in [0.15, 0.2) is 0 Å². The first-order chi connectivity index (χ1) is 50.2. The summed E-state index contributed by atoms with van der Waals surface area (Å²) in [6, 6.07) is 67.6. The third-order valence-electron chi connectivity index (χ3n) is 15.7. The molecule has 8 N–H and O–H groups in total. The van der Waals surface area contributed by atoms with E-state index in [4.69, 9.17) is 64.2 Å². The van der Waals surface area contributed by atoms with E-state index in [1.165, 1.54) is 17.2 Å². The minimum atomic E-state index is -0.380. The Bertz CT molecular complexity index is 3420. The van der Waals surface area contributed by atoms with Gasteiger partial charge in [0.1, 0.15) is 23.0 Å². The predicted molar refractivity (Wildman–Crippen MR) is 411 cm³/mol. The maximum atomic E-state index is 11.1. The summed E-state index contributed by atoms with van der Waals surface area (Å²) in [4.78, 5) is 28.8. The van der Waals surface area contributed by atoms with E-state index in [1.54, 1.807) is 12.1 Å². The van der Waals surface area contributed by atoms with E-state index < -0.39 is 0 Å². The molecule has 0 atom stereocenters. The Morgan fingerprint density at radius 1 is 0.495 bits per heavy atom. The summed E-state index contributed by atoms with van der Waals surface area (Å²) in [6.45, 7) is 24.8. The molecular formula is C78H104AcBrN8NaO16. The summed E-state index contributed by atoms with van der Waals surface area (Å²) in [5, 5.41) is 38.4. The van der Waals surface area contributed by atoms with E-state index in [-0.39, 0.29) is 89.7 Å². The van der Waals surface area contributed by atoms with E-state index in [9.17, 15) is 10.1 Å².